The van der Waals surface area contributed by atoms with Gasteiger partial charge in [0.05, 0.1) is 20.3 Å². The number of carbonyl (C=O) groups is 2. The summed E-state index contributed by atoms with van der Waals surface area (Å²) in [6, 6.07) is 15.2. The number of benzene rings is 2. The van der Waals surface area contributed by atoms with Gasteiger partial charge in [0.1, 0.15) is 11.6 Å². The van der Waals surface area contributed by atoms with Crippen LogP contribution in [-0.4, -0.2) is 55.2 Å². The number of nitrogens with one attached hydrogen (secondary N) is 1. The molecular weight excluding hydrogens is 432 g/mol. The van der Waals surface area contributed by atoms with E-state index in [4.69, 9.17) is 14.2 Å². The zero-order valence-corrected chi connectivity index (χ0v) is 20.2. The lowest BCUT2D eigenvalue weighted by Gasteiger charge is -2.39. The van der Waals surface area contributed by atoms with Crippen LogP contribution in [0.25, 0.3) is 0 Å². The number of anilines is 1. The van der Waals surface area contributed by atoms with Crippen LogP contribution in [0.4, 0.5) is 5.69 Å². The summed E-state index contributed by atoms with van der Waals surface area (Å²) in [5, 5.41) is 3.02. The van der Waals surface area contributed by atoms with Crippen LogP contribution in [0, 0.1) is 0 Å². The van der Waals surface area contributed by atoms with Crippen molar-refractivity contribution in [2.75, 3.05) is 32.2 Å². The summed E-state index contributed by atoms with van der Waals surface area (Å²) in [6.45, 7) is 5.69. The highest BCUT2D eigenvalue weighted by molar-refractivity contribution is 6.01. The fourth-order valence-electron chi connectivity index (χ4n) is 5.01. The first-order chi connectivity index (χ1) is 16.5. The Hall–Kier alpha value is -3.06. The summed E-state index contributed by atoms with van der Waals surface area (Å²) in [5.41, 5.74) is 0.847. The molecule has 2 atom stereocenters. The minimum absolute atomic E-state index is 0.000346. The van der Waals surface area contributed by atoms with Crippen LogP contribution < -0.4 is 14.8 Å². The topological polar surface area (TPSA) is 77.1 Å². The molecule has 182 valence electrons. The highest BCUT2D eigenvalue weighted by Gasteiger charge is 2.48. The second-order valence-corrected chi connectivity index (χ2v) is 8.98. The standard InChI is InChI=1S/C27H34N2O5/c1-4-27(5-2,26(31)28-21-9-7-6-8-10-21)29-17-20(16-25(29)30)19-11-12-23(32-3)24(15-19)34-22-13-14-33-18-22/h6-12,15,20,22H,4-5,13-14,16-18H2,1-3H3,(H,28,31)/t20-,22-/m1/s1. The molecule has 34 heavy (non-hydrogen) atoms. The SMILES string of the molecule is CCC(CC)(C(=O)Nc1ccccc1)N1C[C@H](c2ccc(OC)c(O[C@@H]3CCOC3)c2)CC1=O. The van der Waals surface area contributed by atoms with Gasteiger partial charge in [0.2, 0.25) is 11.8 Å². The van der Waals surface area contributed by atoms with Gasteiger partial charge in [-0.3, -0.25) is 9.59 Å². The number of hydrogen-bond donors (Lipinski definition) is 1. The van der Waals surface area contributed by atoms with Crippen LogP contribution in [-0.2, 0) is 14.3 Å². The van der Waals surface area contributed by atoms with Gasteiger partial charge in [0.25, 0.3) is 0 Å². The number of ether oxygens (including phenoxy) is 3. The molecule has 2 aromatic carbocycles. The molecule has 0 saturated carbocycles. The molecule has 2 aliphatic rings. The molecule has 0 unspecified atom stereocenters. The molecule has 2 heterocycles. The minimum Gasteiger partial charge on any atom is -0.493 e. The van der Waals surface area contributed by atoms with Crippen molar-refractivity contribution < 1.29 is 23.8 Å². The molecule has 0 aliphatic carbocycles. The van der Waals surface area contributed by atoms with E-state index in [0.717, 1.165) is 17.7 Å². The molecule has 1 N–H and O–H groups in total. The minimum atomic E-state index is -0.894. The van der Waals surface area contributed by atoms with E-state index < -0.39 is 5.54 Å². The third kappa shape index (κ3) is 4.75. The first kappa shape index (κ1) is 24.1. The van der Waals surface area contributed by atoms with Crippen LogP contribution in [0.15, 0.2) is 48.5 Å². The van der Waals surface area contributed by atoms with Crippen LogP contribution in [0.5, 0.6) is 11.5 Å². The highest BCUT2D eigenvalue weighted by Crippen LogP contribution is 2.39. The van der Waals surface area contributed by atoms with E-state index in [1.54, 1.807) is 12.0 Å². The molecule has 2 aliphatic heterocycles. The van der Waals surface area contributed by atoms with Crippen molar-refractivity contribution >= 4 is 17.5 Å². The van der Waals surface area contributed by atoms with E-state index in [1.807, 2.05) is 62.4 Å². The Kier molecular flexibility index (Phi) is 7.41. The van der Waals surface area contributed by atoms with Crippen molar-refractivity contribution in [1.29, 1.82) is 0 Å². The monoisotopic (exact) mass is 466 g/mol. The van der Waals surface area contributed by atoms with Crippen molar-refractivity contribution in [1.82, 2.24) is 4.90 Å². The van der Waals surface area contributed by atoms with E-state index in [2.05, 4.69) is 5.32 Å². The molecule has 2 fully saturated rings. The van der Waals surface area contributed by atoms with Gasteiger partial charge < -0.3 is 24.4 Å². The summed E-state index contributed by atoms with van der Waals surface area (Å²) in [5.74, 6) is 1.16. The first-order valence-electron chi connectivity index (χ1n) is 12.1. The summed E-state index contributed by atoms with van der Waals surface area (Å²) in [7, 11) is 1.62. The molecule has 0 spiro atoms. The Morgan fingerprint density at radius 2 is 1.91 bits per heavy atom. The third-order valence-electron chi connectivity index (χ3n) is 7.11. The zero-order valence-electron chi connectivity index (χ0n) is 20.2. The normalized spacial score (nSPS) is 20.4. The zero-order chi connectivity index (χ0) is 24.1. The second kappa shape index (κ2) is 10.5. The van der Waals surface area contributed by atoms with Crippen molar-refractivity contribution in [3.05, 3.63) is 54.1 Å². The van der Waals surface area contributed by atoms with Gasteiger partial charge in [-0.25, -0.2) is 0 Å². The van der Waals surface area contributed by atoms with E-state index in [1.165, 1.54) is 0 Å². The van der Waals surface area contributed by atoms with E-state index in [-0.39, 0.29) is 23.8 Å². The van der Waals surface area contributed by atoms with Crippen LogP contribution in [0.3, 0.4) is 0 Å². The molecule has 4 rings (SSSR count). The van der Waals surface area contributed by atoms with Gasteiger partial charge in [0.15, 0.2) is 11.5 Å². The van der Waals surface area contributed by atoms with E-state index in [0.29, 0.717) is 50.5 Å². The quantitative estimate of drug-likeness (QED) is 0.594. The van der Waals surface area contributed by atoms with E-state index in [9.17, 15) is 9.59 Å². The summed E-state index contributed by atoms with van der Waals surface area (Å²) in [4.78, 5) is 28.5. The van der Waals surface area contributed by atoms with Gasteiger partial charge in [-0.05, 0) is 42.7 Å². The van der Waals surface area contributed by atoms with Crippen molar-refractivity contribution in [2.45, 2.75) is 57.1 Å². The molecule has 2 amide bonds. The highest BCUT2D eigenvalue weighted by atomic mass is 16.6. The lowest BCUT2D eigenvalue weighted by molar-refractivity contribution is -0.142. The maximum atomic E-state index is 13.5. The van der Waals surface area contributed by atoms with E-state index >= 15 is 0 Å². The molecule has 0 aromatic heterocycles. The summed E-state index contributed by atoms with van der Waals surface area (Å²) < 4.78 is 17.1. The summed E-state index contributed by atoms with van der Waals surface area (Å²) >= 11 is 0. The molecule has 7 nitrogen and oxygen atoms in total. The molecule has 0 radical (unpaired) electrons. The van der Waals surface area contributed by atoms with Crippen molar-refractivity contribution in [3.63, 3.8) is 0 Å². The predicted molar refractivity (Wildman–Crippen MR) is 130 cm³/mol. The Balaban J connectivity index is 1.55. The lowest BCUT2D eigenvalue weighted by atomic mass is 9.89. The van der Waals surface area contributed by atoms with Gasteiger partial charge >= 0.3 is 0 Å². The number of carbonyl (C=O) groups excluding carboxylic acids is 2. The summed E-state index contributed by atoms with van der Waals surface area (Å²) in [6.07, 6.45) is 2.28. The van der Waals surface area contributed by atoms with Gasteiger partial charge in [0, 0.05) is 31.0 Å². The van der Waals surface area contributed by atoms with Gasteiger partial charge in [-0.2, -0.15) is 0 Å². The number of para-hydroxylation sites is 1. The molecule has 7 heteroatoms. The van der Waals surface area contributed by atoms with Crippen molar-refractivity contribution in [3.8, 4) is 11.5 Å². The molecule has 2 aromatic rings. The Bertz CT molecular complexity index is 999. The van der Waals surface area contributed by atoms with Crippen LogP contribution in [0.2, 0.25) is 0 Å². The number of rotatable bonds is 9. The fourth-order valence-corrected chi connectivity index (χ4v) is 5.01. The largest absolute Gasteiger partial charge is 0.493 e. The first-order valence-corrected chi connectivity index (χ1v) is 12.1. The Morgan fingerprint density at radius 3 is 2.56 bits per heavy atom. The Morgan fingerprint density at radius 1 is 1.15 bits per heavy atom. The average molecular weight is 467 g/mol. The second-order valence-electron chi connectivity index (χ2n) is 8.98. The number of amides is 2. The maximum absolute atomic E-state index is 13.5. The molecular formula is C27H34N2O5. The Labute approximate surface area is 201 Å². The third-order valence-corrected chi connectivity index (χ3v) is 7.11. The smallest absolute Gasteiger partial charge is 0.250 e. The van der Waals surface area contributed by atoms with Crippen LogP contribution >= 0.6 is 0 Å². The van der Waals surface area contributed by atoms with Crippen molar-refractivity contribution in [2.24, 2.45) is 0 Å². The maximum Gasteiger partial charge on any atom is 0.250 e. The van der Waals surface area contributed by atoms with Crippen LogP contribution in [0.1, 0.15) is 51.0 Å². The molecule has 0 bridgehead atoms. The fraction of sp³-hybridized carbons (Fsp3) is 0.481. The number of likely N-dealkylation sites (tertiary alicyclic amines) is 1. The predicted octanol–water partition coefficient (Wildman–Crippen LogP) is 4.38. The number of hydrogen-bond acceptors (Lipinski definition) is 5. The number of methoxy groups -OCH3 is 1. The molecule has 2 saturated heterocycles. The van der Waals surface area contributed by atoms with Gasteiger partial charge in [-0.15, -0.1) is 0 Å². The lowest BCUT2D eigenvalue weighted by Crippen LogP contribution is -2.56. The van der Waals surface area contributed by atoms with Gasteiger partial charge in [-0.1, -0.05) is 38.1 Å². The average Bonchev–Trinajstić information content (AvgIpc) is 3.51. The number of nitrogens with zero attached hydrogens (tertiary/aromatic N) is 1.